The number of aromatic nitrogens is 3. The Morgan fingerprint density at radius 2 is 1.97 bits per heavy atom. The van der Waals surface area contributed by atoms with Crippen LogP contribution < -0.4 is 16.6 Å². The van der Waals surface area contributed by atoms with Crippen molar-refractivity contribution in [3.05, 3.63) is 74.7 Å². The first-order chi connectivity index (χ1) is 15.5. The van der Waals surface area contributed by atoms with E-state index in [4.69, 9.17) is 17.3 Å². The summed E-state index contributed by atoms with van der Waals surface area (Å²) in [5, 5.41) is 12.4. The number of H-pyrrole nitrogens is 1. The molecule has 7 nitrogen and oxygen atoms in total. The van der Waals surface area contributed by atoms with E-state index in [0.29, 0.717) is 47.5 Å². The maximum atomic E-state index is 13.2. The zero-order chi connectivity index (χ0) is 22.7. The number of pyridine rings is 1. The molecule has 2 heterocycles. The van der Waals surface area contributed by atoms with Crippen LogP contribution in [0.5, 0.6) is 0 Å². The van der Waals surface area contributed by atoms with Gasteiger partial charge in [0.25, 0.3) is 11.5 Å². The molecule has 32 heavy (non-hydrogen) atoms. The van der Waals surface area contributed by atoms with E-state index in [1.165, 1.54) is 5.56 Å². The highest BCUT2D eigenvalue weighted by Gasteiger charge is 2.16. The normalized spacial score (nSPS) is 11.3. The van der Waals surface area contributed by atoms with E-state index in [-0.39, 0.29) is 11.5 Å². The molecule has 0 saturated heterocycles. The Hall–Kier alpha value is -3.16. The lowest BCUT2D eigenvalue weighted by molar-refractivity contribution is 0.0953. The number of carbonyl (C=O) groups is 1. The maximum Gasteiger partial charge on any atom is 0.262 e. The van der Waals surface area contributed by atoms with Gasteiger partial charge in [0, 0.05) is 34.8 Å². The maximum absolute atomic E-state index is 13.2. The van der Waals surface area contributed by atoms with E-state index in [2.05, 4.69) is 21.6 Å². The van der Waals surface area contributed by atoms with Crippen LogP contribution in [0.2, 0.25) is 5.02 Å². The summed E-state index contributed by atoms with van der Waals surface area (Å²) < 4.78 is 1.78. The lowest BCUT2D eigenvalue weighted by Gasteiger charge is -2.13. The highest BCUT2D eigenvalue weighted by molar-refractivity contribution is 6.30. The van der Waals surface area contributed by atoms with Crippen LogP contribution in [0.1, 0.15) is 34.5 Å². The Morgan fingerprint density at radius 1 is 1.19 bits per heavy atom. The van der Waals surface area contributed by atoms with Crippen LogP contribution in [0.3, 0.4) is 0 Å². The van der Waals surface area contributed by atoms with Crippen molar-refractivity contribution in [1.82, 2.24) is 20.1 Å². The standard InChI is InChI=1S/C24H26ClN5O2/c1-15-21-22(29-28-15)19-14-16(4-2-11-26)5-10-20(19)30(24(21)32)13-3-12-27-23(31)17-6-8-18(25)9-7-17/h5-10,14H,2-4,11-13,26H2,1H3,(H,27,31)(H,28,29). The molecule has 0 unspecified atom stereocenters. The van der Waals surface area contributed by atoms with Crippen LogP contribution >= 0.6 is 11.6 Å². The van der Waals surface area contributed by atoms with Gasteiger partial charge in [-0.05, 0) is 74.7 Å². The lowest BCUT2D eigenvalue weighted by Crippen LogP contribution is -2.27. The summed E-state index contributed by atoms with van der Waals surface area (Å²) >= 11 is 5.88. The van der Waals surface area contributed by atoms with Crippen molar-refractivity contribution < 1.29 is 4.79 Å². The predicted molar refractivity (Wildman–Crippen MR) is 128 cm³/mol. The number of aryl methyl sites for hydroxylation is 3. The van der Waals surface area contributed by atoms with Crippen molar-refractivity contribution in [2.75, 3.05) is 13.1 Å². The second kappa shape index (κ2) is 9.54. The second-order valence-corrected chi connectivity index (χ2v) is 8.33. The molecule has 0 saturated carbocycles. The van der Waals surface area contributed by atoms with Crippen molar-refractivity contribution in [3.63, 3.8) is 0 Å². The van der Waals surface area contributed by atoms with Crippen molar-refractivity contribution in [2.24, 2.45) is 5.73 Å². The third-order valence-corrected chi connectivity index (χ3v) is 5.89. The summed E-state index contributed by atoms with van der Waals surface area (Å²) in [7, 11) is 0. The summed E-state index contributed by atoms with van der Waals surface area (Å²) in [5.41, 5.74) is 9.61. The molecule has 8 heteroatoms. The molecular formula is C24H26ClN5O2. The first-order valence-corrected chi connectivity index (χ1v) is 11.1. The van der Waals surface area contributed by atoms with E-state index >= 15 is 0 Å². The Morgan fingerprint density at radius 3 is 2.72 bits per heavy atom. The van der Waals surface area contributed by atoms with Crippen molar-refractivity contribution >= 4 is 39.3 Å². The van der Waals surface area contributed by atoms with Crippen LogP contribution in [0.4, 0.5) is 0 Å². The summed E-state index contributed by atoms with van der Waals surface area (Å²) in [6.07, 6.45) is 2.40. The number of benzene rings is 2. The van der Waals surface area contributed by atoms with E-state index in [9.17, 15) is 9.59 Å². The first-order valence-electron chi connectivity index (χ1n) is 10.7. The van der Waals surface area contributed by atoms with Gasteiger partial charge in [-0.15, -0.1) is 0 Å². The molecule has 2 aromatic heterocycles. The van der Waals surface area contributed by atoms with Gasteiger partial charge in [0.05, 0.1) is 10.9 Å². The molecule has 0 aliphatic heterocycles. The van der Waals surface area contributed by atoms with Crippen LogP contribution in [0.15, 0.2) is 47.3 Å². The molecule has 4 aromatic rings. The zero-order valence-corrected chi connectivity index (χ0v) is 18.7. The average molecular weight is 452 g/mol. The third kappa shape index (κ3) is 4.40. The van der Waals surface area contributed by atoms with E-state index in [0.717, 1.165) is 29.4 Å². The Bertz CT molecular complexity index is 1320. The van der Waals surface area contributed by atoms with E-state index in [1.807, 2.05) is 19.1 Å². The largest absolute Gasteiger partial charge is 0.352 e. The van der Waals surface area contributed by atoms with Crippen molar-refractivity contribution in [2.45, 2.75) is 32.7 Å². The molecule has 0 spiro atoms. The Labute approximate surface area is 190 Å². The molecule has 1 amide bonds. The molecule has 0 atom stereocenters. The number of amides is 1. The van der Waals surface area contributed by atoms with Gasteiger partial charge in [-0.1, -0.05) is 17.7 Å². The average Bonchev–Trinajstić information content (AvgIpc) is 3.19. The van der Waals surface area contributed by atoms with Crippen LogP contribution in [0, 0.1) is 6.92 Å². The minimum atomic E-state index is -0.162. The predicted octanol–water partition coefficient (Wildman–Crippen LogP) is 3.55. The molecule has 4 N–H and O–H groups in total. The monoisotopic (exact) mass is 451 g/mol. The third-order valence-electron chi connectivity index (χ3n) is 5.63. The minimum absolute atomic E-state index is 0.0718. The fraction of sp³-hybridized carbons (Fsp3) is 0.292. The second-order valence-electron chi connectivity index (χ2n) is 7.89. The number of nitrogens with one attached hydrogen (secondary N) is 2. The number of aromatic amines is 1. The fourth-order valence-electron chi connectivity index (χ4n) is 3.96. The quantitative estimate of drug-likeness (QED) is 0.356. The van der Waals surface area contributed by atoms with Gasteiger partial charge in [0.15, 0.2) is 0 Å². The van der Waals surface area contributed by atoms with Crippen LogP contribution in [0.25, 0.3) is 21.8 Å². The van der Waals surface area contributed by atoms with E-state index < -0.39 is 0 Å². The summed E-state index contributed by atoms with van der Waals surface area (Å²) in [5.74, 6) is -0.162. The van der Waals surface area contributed by atoms with Gasteiger partial charge < -0.3 is 15.6 Å². The number of halogens is 1. The van der Waals surface area contributed by atoms with Crippen molar-refractivity contribution in [1.29, 1.82) is 0 Å². The number of fused-ring (bicyclic) bond motifs is 3. The molecule has 166 valence electrons. The molecule has 0 bridgehead atoms. The molecule has 0 radical (unpaired) electrons. The summed E-state index contributed by atoms with van der Waals surface area (Å²) in [6, 6.07) is 12.9. The van der Waals surface area contributed by atoms with E-state index in [1.54, 1.807) is 28.8 Å². The molecule has 0 aliphatic rings. The fourth-order valence-corrected chi connectivity index (χ4v) is 4.09. The van der Waals surface area contributed by atoms with Crippen molar-refractivity contribution in [3.8, 4) is 0 Å². The minimum Gasteiger partial charge on any atom is -0.352 e. The number of nitrogens with zero attached hydrogens (tertiary/aromatic N) is 2. The number of hydrogen-bond donors (Lipinski definition) is 3. The van der Waals surface area contributed by atoms with Gasteiger partial charge in [-0.25, -0.2) is 0 Å². The highest BCUT2D eigenvalue weighted by Crippen LogP contribution is 2.24. The zero-order valence-electron chi connectivity index (χ0n) is 18.0. The van der Waals surface area contributed by atoms with Gasteiger partial charge >= 0.3 is 0 Å². The number of rotatable bonds is 8. The summed E-state index contributed by atoms with van der Waals surface area (Å²) in [6.45, 7) is 3.43. The molecule has 0 fully saturated rings. The summed E-state index contributed by atoms with van der Waals surface area (Å²) in [4.78, 5) is 25.6. The Kier molecular flexibility index (Phi) is 6.58. The first kappa shape index (κ1) is 22.0. The topological polar surface area (TPSA) is 106 Å². The van der Waals surface area contributed by atoms with Gasteiger partial charge in [0.2, 0.25) is 0 Å². The Balaban J connectivity index is 1.57. The van der Waals surface area contributed by atoms with Crippen LogP contribution in [-0.2, 0) is 13.0 Å². The van der Waals surface area contributed by atoms with Gasteiger partial charge in [-0.3, -0.25) is 14.7 Å². The smallest absolute Gasteiger partial charge is 0.262 e. The molecule has 0 aliphatic carbocycles. The molecule has 4 rings (SSSR count). The van der Waals surface area contributed by atoms with Crippen LogP contribution in [-0.4, -0.2) is 33.8 Å². The van der Waals surface area contributed by atoms with Gasteiger partial charge in [-0.2, -0.15) is 5.10 Å². The van der Waals surface area contributed by atoms with Gasteiger partial charge in [0.1, 0.15) is 5.52 Å². The molecular weight excluding hydrogens is 426 g/mol. The number of hydrogen-bond acceptors (Lipinski definition) is 4. The SMILES string of the molecule is Cc1[nH]nc2c1c(=O)n(CCCNC(=O)c1ccc(Cl)cc1)c1ccc(CCCN)cc21. The number of carbonyl (C=O) groups excluding carboxylic acids is 1. The molecule has 2 aromatic carbocycles. The highest BCUT2D eigenvalue weighted by atomic mass is 35.5. The lowest BCUT2D eigenvalue weighted by atomic mass is 10.0. The number of nitrogens with two attached hydrogens (primary N) is 1.